The van der Waals surface area contributed by atoms with Crippen molar-refractivity contribution in [1.29, 1.82) is 0 Å². The van der Waals surface area contributed by atoms with Crippen LogP contribution in [-0.2, 0) is 19.4 Å². The van der Waals surface area contributed by atoms with E-state index in [1.807, 2.05) is 0 Å². The van der Waals surface area contributed by atoms with Crippen molar-refractivity contribution >= 4 is 43.3 Å². The Morgan fingerprint density at radius 1 is 1.30 bits per heavy atom. The summed E-state index contributed by atoms with van der Waals surface area (Å²) in [6, 6.07) is 4.61. The molecule has 1 aromatic rings. The second kappa shape index (κ2) is 5.53. The lowest BCUT2D eigenvalue weighted by Crippen LogP contribution is -2.39. The number of sulfone groups is 1. The molecule has 108 valence electrons. The van der Waals surface area contributed by atoms with Crippen LogP contribution in [0.5, 0.6) is 0 Å². The first kappa shape index (κ1) is 15.0. The van der Waals surface area contributed by atoms with E-state index in [-0.39, 0.29) is 35.9 Å². The summed E-state index contributed by atoms with van der Waals surface area (Å²) in [5.74, 6) is -1.60. The Morgan fingerprint density at radius 3 is 2.65 bits per heavy atom. The number of carboxylic acid groups (broad SMARTS) is 1. The van der Waals surface area contributed by atoms with Gasteiger partial charge in [0.05, 0.1) is 22.8 Å². The second-order valence-electron chi connectivity index (χ2n) is 4.37. The lowest BCUT2D eigenvalue weighted by atomic mass is 10.2. The molecule has 0 spiro atoms. The zero-order valence-electron chi connectivity index (χ0n) is 10.4. The molecule has 2 rings (SSSR count). The van der Waals surface area contributed by atoms with Crippen molar-refractivity contribution < 1.29 is 23.1 Å². The van der Waals surface area contributed by atoms with E-state index in [1.54, 1.807) is 12.1 Å². The second-order valence-corrected chi connectivity index (χ2v) is 7.36. The minimum atomic E-state index is -3.39. The van der Waals surface area contributed by atoms with Crippen LogP contribution in [0.2, 0.25) is 0 Å². The van der Waals surface area contributed by atoms with Crippen LogP contribution < -0.4 is 4.90 Å². The van der Waals surface area contributed by atoms with Crippen molar-refractivity contribution in [2.24, 2.45) is 0 Å². The monoisotopic (exact) mass is 361 g/mol. The standard InChI is InChI=1S/C12H12BrNO5S/c13-8-1-2-10-9(7-8)14(5-6-20(10,18)19)11(15)3-4-12(16)17/h1-2,7H,3-6H2,(H,16,17). The van der Waals surface area contributed by atoms with Crippen LogP contribution in [0, 0.1) is 0 Å². The number of halogens is 1. The lowest BCUT2D eigenvalue weighted by molar-refractivity contribution is -0.138. The molecule has 0 aliphatic carbocycles. The molecule has 8 heteroatoms. The minimum Gasteiger partial charge on any atom is -0.481 e. The molecule has 0 saturated heterocycles. The molecule has 0 saturated carbocycles. The SMILES string of the molecule is O=C(O)CCC(=O)N1CCS(=O)(=O)c2ccc(Br)cc21. The number of carboxylic acids is 1. The molecule has 1 aromatic carbocycles. The van der Waals surface area contributed by atoms with Gasteiger partial charge in [0.15, 0.2) is 9.84 Å². The number of fused-ring (bicyclic) bond motifs is 1. The fourth-order valence-corrected chi connectivity index (χ4v) is 3.77. The molecular formula is C12H12BrNO5S. The summed E-state index contributed by atoms with van der Waals surface area (Å²) in [5.41, 5.74) is 0.306. The Hall–Kier alpha value is -1.41. The van der Waals surface area contributed by atoms with Crippen molar-refractivity contribution in [3.8, 4) is 0 Å². The van der Waals surface area contributed by atoms with E-state index < -0.39 is 15.8 Å². The summed E-state index contributed by atoms with van der Waals surface area (Å²) >= 11 is 3.24. The maximum atomic E-state index is 12.0. The lowest BCUT2D eigenvalue weighted by Gasteiger charge is -2.29. The van der Waals surface area contributed by atoms with Crippen molar-refractivity contribution in [2.45, 2.75) is 17.7 Å². The van der Waals surface area contributed by atoms with Crippen molar-refractivity contribution in [3.05, 3.63) is 22.7 Å². The molecule has 0 fully saturated rings. The fourth-order valence-electron chi connectivity index (χ4n) is 2.01. The predicted molar refractivity (Wildman–Crippen MR) is 75.4 cm³/mol. The fraction of sp³-hybridized carbons (Fsp3) is 0.333. The Morgan fingerprint density at radius 2 is 2.00 bits per heavy atom. The predicted octanol–water partition coefficient (Wildman–Crippen LogP) is 1.43. The van der Waals surface area contributed by atoms with Gasteiger partial charge in [0.1, 0.15) is 0 Å². The Kier molecular flexibility index (Phi) is 4.14. The van der Waals surface area contributed by atoms with Crippen molar-refractivity contribution in [1.82, 2.24) is 0 Å². The van der Waals surface area contributed by atoms with Gasteiger partial charge >= 0.3 is 5.97 Å². The maximum absolute atomic E-state index is 12.0. The molecule has 0 atom stereocenters. The molecule has 0 bridgehead atoms. The van der Waals surface area contributed by atoms with Crippen LogP contribution in [0.15, 0.2) is 27.6 Å². The Bertz CT molecular complexity index is 670. The van der Waals surface area contributed by atoms with Gasteiger partial charge in [-0.25, -0.2) is 8.42 Å². The highest BCUT2D eigenvalue weighted by Gasteiger charge is 2.31. The summed E-state index contributed by atoms with van der Waals surface area (Å²) < 4.78 is 24.6. The van der Waals surface area contributed by atoms with Crippen molar-refractivity contribution in [3.63, 3.8) is 0 Å². The molecule has 1 N–H and O–H groups in total. The minimum absolute atomic E-state index is 0.0459. The summed E-state index contributed by atoms with van der Waals surface area (Å²) in [6.45, 7) is 0.0459. The van der Waals surface area contributed by atoms with Crippen LogP contribution in [0.4, 0.5) is 5.69 Å². The van der Waals surface area contributed by atoms with E-state index in [0.717, 1.165) is 0 Å². The van der Waals surface area contributed by atoms with Gasteiger partial charge in [-0.3, -0.25) is 9.59 Å². The highest BCUT2D eigenvalue weighted by Crippen LogP contribution is 2.33. The number of hydrogen-bond donors (Lipinski definition) is 1. The number of nitrogens with zero attached hydrogens (tertiary/aromatic N) is 1. The number of rotatable bonds is 3. The van der Waals surface area contributed by atoms with Gasteiger partial charge in [-0.05, 0) is 18.2 Å². The van der Waals surface area contributed by atoms with Crippen LogP contribution in [0.3, 0.4) is 0 Å². The molecule has 1 amide bonds. The molecule has 1 aliphatic rings. The van der Waals surface area contributed by atoms with Gasteiger partial charge in [0.2, 0.25) is 5.91 Å². The van der Waals surface area contributed by atoms with Gasteiger partial charge in [-0.2, -0.15) is 0 Å². The highest BCUT2D eigenvalue weighted by molar-refractivity contribution is 9.10. The maximum Gasteiger partial charge on any atom is 0.303 e. The summed E-state index contributed by atoms with van der Waals surface area (Å²) in [5, 5.41) is 8.61. The van der Waals surface area contributed by atoms with Gasteiger partial charge in [0, 0.05) is 17.4 Å². The number of aliphatic carboxylic acids is 1. The summed E-state index contributed by atoms with van der Waals surface area (Å²) in [6.07, 6.45) is -0.424. The average molecular weight is 362 g/mol. The van der Waals surface area contributed by atoms with Crippen LogP contribution >= 0.6 is 15.9 Å². The molecule has 0 aromatic heterocycles. The van der Waals surface area contributed by atoms with E-state index in [4.69, 9.17) is 5.11 Å². The number of amides is 1. The quantitative estimate of drug-likeness (QED) is 0.879. The van der Waals surface area contributed by atoms with Crippen molar-refractivity contribution in [2.75, 3.05) is 17.2 Å². The van der Waals surface area contributed by atoms with E-state index in [0.29, 0.717) is 10.2 Å². The number of carbonyl (C=O) groups excluding carboxylic acids is 1. The molecule has 6 nitrogen and oxygen atoms in total. The Labute approximate surface area is 124 Å². The summed E-state index contributed by atoms with van der Waals surface area (Å²) in [7, 11) is -3.39. The highest BCUT2D eigenvalue weighted by atomic mass is 79.9. The van der Waals surface area contributed by atoms with Gasteiger partial charge in [-0.15, -0.1) is 0 Å². The largest absolute Gasteiger partial charge is 0.481 e. The first-order valence-electron chi connectivity index (χ1n) is 5.86. The molecule has 1 heterocycles. The van der Waals surface area contributed by atoms with E-state index in [9.17, 15) is 18.0 Å². The summed E-state index contributed by atoms with van der Waals surface area (Å²) in [4.78, 5) is 24.0. The van der Waals surface area contributed by atoms with Gasteiger partial charge in [-0.1, -0.05) is 15.9 Å². The third kappa shape index (κ3) is 3.01. The van der Waals surface area contributed by atoms with Crippen LogP contribution in [0.25, 0.3) is 0 Å². The third-order valence-corrected chi connectivity index (χ3v) is 5.21. The molecule has 1 aliphatic heterocycles. The smallest absolute Gasteiger partial charge is 0.303 e. The zero-order valence-corrected chi connectivity index (χ0v) is 12.8. The van der Waals surface area contributed by atoms with Gasteiger partial charge in [0.25, 0.3) is 0 Å². The van der Waals surface area contributed by atoms with Gasteiger partial charge < -0.3 is 10.0 Å². The van der Waals surface area contributed by atoms with E-state index in [2.05, 4.69) is 15.9 Å². The first-order valence-corrected chi connectivity index (χ1v) is 8.30. The normalized spacial score (nSPS) is 16.6. The zero-order chi connectivity index (χ0) is 14.9. The average Bonchev–Trinajstić information content (AvgIpc) is 2.35. The molecular weight excluding hydrogens is 350 g/mol. The van der Waals surface area contributed by atoms with E-state index in [1.165, 1.54) is 11.0 Å². The number of benzene rings is 1. The number of hydrogen-bond acceptors (Lipinski definition) is 4. The molecule has 0 radical (unpaired) electrons. The third-order valence-electron chi connectivity index (χ3n) is 2.98. The molecule has 0 unspecified atom stereocenters. The Balaban J connectivity index is 2.36. The topological polar surface area (TPSA) is 91.8 Å². The number of carbonyl (C=O) groups is 2. The molecule has 20 heavy (non-hydrogen) atoms. The van der Waals surface area contributed by atoms with Crippen LogP contribution in [-0.4, -0.2) is 37.7 Å². The van der Waals surface area contributed by atoms with Crippen LogP contribution in [0.1, 0.15) is 12.8 Å². The number of anilines is 1. The van der Waals surface area contributed by atoms with E-state index >= 15 is 0 Å². The first-order chi connectivity index (χ1) is 9.31.